The molecule has 0 aliphatic carbocycles. The molecule has 2 aromatic rings. The minimum atomic E-state index is -3.77. The zero-order chi connectivity index (χ0) is 15.5. The Balaban J connectivity index is 2.14. The van der Waals surface area contributed by atoms with Crippen LogP contribution in [0, 0.1) is 6.92 Å². The lowest BCUT2D eigenvalue weighted by atomic mass is 10.1. The van der Waals surface area contributed by atoms with Crippen molar-refractivity contribution in [2.45, 2.75) is 17.9 Å². The van der Waals surface area contributed by atoms with Gasteiger partial charge in [-0.1, -0.05) is 23.7 Å². The molecule has 1 aromatic carbocycles. The van der Waals surface area contributed by atoms with Crippen LogP contribution >= 0.6 is 11.6 Å². The summed E-state index contributed by atoms with van der Waals surface area (Å²) < 4.78 is 26.8. The number of rotatable bonds is 5. The molecule has 0 saturated heterocycles. The first-order chi connectivity index (χ1) is 9.92. The van der Waals surface area contributed by atoms with E-state index in [2.05, 4.69) is 9.71 Å². The standard InChI is InChI=1S/C14H15ClN2O3S/c1-10-3-2-4-13(14(10)15)21(19,20)17-9-12(18)11-5-7-16-8-6-11/h2-8,12,17-18H,9H2,1H3. The Morgan fingerprint density at radius 2 is 1.95 bits per heavy atom. The molecule has 0 spiro atoms. The first-order valence-electron chi connectivity index (χ1n) is 6.24. The SMILES string of the molecule is Cc1cccc(S(=O)(=O)NCC(O)c2ccncc2)c1Cl. The van der Waals surface area contributed by atoms with E-state index in [0.29, 0.717) is 11.1 Å². The van der Waals surface area contributed by atoms with Crippen LogP contribution in [0.25, 0.3) is 0 Å². The van der Waals surface area contributed by atoms with E-state index in [1.165, 1.54) is 18.5 Å². The maximum absolute atomic E-state index is 12.2. The number of aromatic nitrogens is 1. The predicted octanol–water partition coefficient (Wildman–Crippen LogP) is 2.06. The number of halogens is 1. The van der Waals surface area contributed by atoms with Crippen LogP contribution in [0.1, 0.15) is 17.2 Å². The number of hydrogen-bond acceptors (Lipinski definition) is 4. The summed E-state index contributed by atoms with van der Waals surface area (Å²) in [5.41, 5.74) is 1.26. The summed E-state index contributed by atoms with van der Waals surface area (Å²) >= 11 is 6.02. The molecule has 5 nitrogen and oxygen atoms in total. The van der Waals surface area contributed by atoms with E-state index in [-0.39, 0.29) is 16.5 Å². The van der Waals surface area contributed by atoms with Gasteiger partial charge in [-0.05, 0) is 36.2 Å². The van der Waals surface area contributed by atoms with Crippen molar-refractivity contribution in [3.05, 3.63) is 58.9 Å². The van der Waals surface area contributed by atoms with E-state index in [0.717, 1.165) is 0 Å². The van der Waals surface area contributed by atoms with Crippen molar-refractivity contribution in [1.82, 2.24) is 9.71 Å². The number of benzene rings is 1. The van der Waals surface area contributed by atoms with Crippen LogP contribution in [0.2, 0.25) is 5.02 Å². The number of nitrogens with zero attached hydrogens (tertiary/aromatic N) is 1. The normalized spacial score (nSPS) is 13.1. The van der Waals surface area contributed by atoms with Crippen LogP contribution in [0.3, 0.4) is 0 Å². The molecule has 7 heteroatoms. The number of aliphatic hydroxyl groups is 1. The third kappa shape index (κ3) is 3.79. The first kappa shape index (κ1) is 15.9. The van der Waals surface area contributed by atoms with Crippen molar-refractivity contribution in [3.63, 3.8) is 0 Å². The second kappa shape index (κ2) is 6.53. The molecular weight excluding hydrogens is 312 g/mol. The first-order valence-corrected chi connectivity index (χ1v) is 8.10. The molecule has 0 radical (unpaired) electrons. The number of sulfonamides is 1. The largest absolute Gasteiger partial charge is 0.387 e. The van der Waals surface area contributed by atoms with E-state index < -0.39 is 16.1 Å². The van der Waals surface area contributed by atoms with Crippen LogP contribution in [-0.4, -0.2) is 25.1 Å². The second-order valence-corrected chi connectivity index (χ2v) is 6.65. The average molecular weight is 327 g/mol. The summed E-state index contributed by atoms with van der Waals surface area (Å²) in [5, 5.41) is 10.2. The highest BCUT2D eigenvalue weighted by molar-refractivity contribution is 7.89. The van der Waals surface area contributed by atoms with E-state index >= 15 is 0 Å². The van der Waals surface area contributed by atoms with Gasteiger partial charge in [0.2, 0.25) is 10.0 Å². The number of aliphatic hydroxyl groups excluding tert-OH is 1. The third-order valence-corrected chi connectivity index (χ3v) is 5.08. The topological polar surface area (TPSA) is 79.3 Å². The summed E-state index contributed by atoms with van der Waals surface area (Å²) in [6, 6.07) is 8.02. The fraction of sp³-hybridized carbons (Fsp3) is 0.214. The highest BCUT2D eigenvalue weighted by Gasteiger charge is 2.20. The minimum absolute atomic E-state index is 0.00564. The zero-order valence-electron chi connectivity index (χ0n) is 11.3. The molecule has 1 heterocycles. The van der Waals surface area contributed by atoms with Gasteiger partial charge in [0.05, 0.1) is 11.1 Å². The van der Waals surface area contributed by atoms with Crippen molar-refractivity contribution in [1.29, 1.82) is 0 Å². The van der Waals surface area contributed by atoms with Crippen LogP contribution < -0.4 is 4.72 Å². The van der Waals surface area contributed by atoms with Gasteiger partial charge >= 0.3 is 0 Å². The molecular formula is C14H15ClN2O3S. The number of pyridine rings is 1. The van der Waals surface area contributed by atoms with Crippen LogP contribution in [-0.2, 0) is 10.0 Å². The molecule has 0 aliphatic rings. The van der Waals surface area contributed by atoms with Crippen molar-refractivity contribution in [2.24, 2.45) is 0 Å². The second-order valence-electron chi connectivity index (χ2n) is 4.54. The lowest BCUT2D eigenvalue weighted by Gasteiger charge is -2.13. The van der Waals surface area contributed by atoms with E-state index in [4.69, 9.17) is 11.6 Å². The minimum Gasteiger partial charge on any atom is -0.387 e. The summed E-state index contributed by atoms with van der Waals surface area (Å²) in [7, 11) is -3.77. The molecule has 2 N–H and O–H groups in total. The Hall–Kier alpha value is -1.47. The highest BCUT2D eigenvalue weighted by atomic mass is 35.5. The smallest absolute Gasteiger partial charge is 0.242 e. The van der Waals surface area contributed by atoms with Gasteiger partial charge in [-0.25, -0.2) is 13.1 Å². The molecule has 1 aromatic heterocycles. The molecule has 21 heavy (non-hydrogen) atoms. The van der Waals surface area contributed by atoms with Crippen LogP contribution in [0.4, 0.5) is 0 Å². The fourth-order valence-electron chi connectivity index (χ4n) is 1.80. The maximum Gasteiger partial charge on any atom is 0.242 e. The molecule has 0 amide bonds. The van der Waals surface area contributed by atoms with Gasteiger partial charge in [-0.15, -0.1) is 0 Å². The average Bonchev–Trinajstić information content (AvgIpc) is 2.48. The van der Waals surface area contributed by atoms with Gasteiger partial charge < -0.3 is 5.11 Å². The van der Waals surface area contributed by atoms with Gasteiger partial charge in [-0.2, -0.15) is 0 Å². The quantitative estimate of drug-likeness (QED) is 0.881. The number of aryl methyl sites for hydroxylation is 1. The van der Waals surface area contributed by atoms with Gasteiger partial charge in [0.15, 0.2) is 0 Å². The van der Waals surface area contributed by atoms with Gasteiger partial charge in [0, 0.05) is 18.9 Å². The summed E-state index contributed by atoms with van der Waals surface area (Å²) in [6.45, 7) is 1.59. The zero-order valence-corrected chi connectivity index (χ0v) is 12.9. The molecule has 0 saturated carbocycles. The predicted molar refractivity (Wildman–Crippen MR) is 80.6 cm³/mol. The molecule has 0 aliphatic heterocycles. The van der Waals surface area contributed by atoms with Crippen LogP contribution in [0.5, 0.6) is 0 Å². The monoisotopic (exact) mass is 326 g/mol. The van der Waals surface area contributed by atoms with E-state index in [1.54, 1.807) is 31.2 Å². The van der Waals surface area contributed by atoms with Crippen molar-refractivity contribution in [3.8, 4) is 0 Å². The van der Waals surface area contributed by atoms with Gasteiger partial charge in [0.25, 0.3) is 0 Å². The third-order valence-electron chi connectivity index (χ3n) is 3.00. The lowest BCUT2D eigenvalue weighted by molar-refractivity contribution is 0.182. The van der Waals surface area contributed by atoms with E-state index in [9.17, 15) is 13.5 Å². The van der Waals surface area contributed by atoms with Gasteiger partial charge in [-0.3, -0.25) is 4.98 Å². The summed E-state index contributed by atoms with van der Waals surface area (Å²) in [6.07, 6.45) is 2.11. The fourth-order valence-corrected chi connectivity index (χ4v) is 3.42. The molecule has 0 bridgehead atoms. The Morgan fingerprint density at radius 3 is 2.62 bits per heavy atom. The summed E-state index contributed by atoms with van der Waals surface area (Å²) in [4.78, 5) is 3.84. The molecule has 1 unspecified atom stereocenters. The van der Waals surface area contributed by atoms with Gasteiger partial charge in [0.1, 0.15) is 4.90 Å². The maximum atomic E-state index is 12.2. The molecule has 0 fully saturated rings. The Labute approximate surface area is 128 Å². The Kier molecular flexibility index (Phi) is 4.95. The van der Waals surface area contributed by atoms with Crippen LogP contribution in [0.15, 0.2) is 47.6 Å². The lowest BCUT2D eigenvalue weighted by Crippen LogP contribution is -2.28. The van der Waals surface area contributed by atoms with E-state index in [1.807, 2.05) is 0 Å². The molecule has 112 valence electrons. The van der Waals surface area contributed by atoms with Crippen molar-refractivity contribution >= 4 is 21.6 Å². The van der Waals surface area contributed by atoms with Crippen molar-refractivity contribution < 1.29 is 13.5 Å². The number of nitrogens with one attached hydrogen (secondary N) is 1. The summed E-state index contributed by atoms with van der Waals surface area (Å²) in [5.74, 6) is 0. The van der Waals surface area contributed by atoms with Crippen molar-refractivity contribution in [2.75, 3.05) is 6.54 Å². The highest BCUT2D eigenvalue weighted by Crippen LogP contribution is 2.24. The molecule has 2 rings (SSSR count). The Morgan fingerprint density at radius 1 is 1.29 bits per heavy atom. The molecule has 1 atom stereocenters. The number of hydrogen-bond donors (Lipinski definition) is 2. The Bertz CT molecular complexity index is 720.